The number of methoxy groups -OCH3 is 4. The molecule has 0 saturated carbocycles. The van der Waals surface area contributed by atoms with Crippen molar-refractivity contribution >= 4 is 87.1 Å². The first-order chi connectivity index (χ1) is 22.9. The molecule has 0 bridgehead atoms. The van der Waals surface area contributed by atoms with Crippen LogP contribution >= 0.6 is 35.3 Å². The van der Waals surface area contributed by atoms with Crippen LogP contribution in [0.3, 0.4) is 0 Å². The van der Waals surface area contributed by atoms with Crippen LogP contribution in [-0.4, -0.2) is 67.8 Å². The van der Waals surface area contributed by atoms with E-state index in [0.29, 0.717) is 27.3 Å². The molecule has 0 fully saturated rings. The first-order valence-corrected chi connectivity index (χ1v) is 17.0. The predicted molar refractivity (Wildman–Crippen MR) is 186 cm³/mol. The summed E-state index contributed by atoms with van der Waals surface area (Å²) in [6.07, 6.45) is 0. The summed E-state index contributed by atoms with van der Waals surface area (Å²) in [5.74, 6) is -3.65. The summed E-state index contributed by atoms with van der Waals surface area (Å²) in [7, 11) is 4.71. The highest BCUT2D eigenvalue weighted by Gasteiger charge is 2.61. The highest BCUT2D eigenvalue weighted by molar-refractivity contribution is 8.26. The Labute approximate surface area is 288 Å². The molecule has 0 N–H and O–H groups in total. The fraction of sp³-hybridized carbons (Fsp3) is 0.229. The number of anilines is 1. The topological polar surface area (TPSA) is 126 Å². The third-order valence-electron chi connectivity index (χ3n) is 8.24. The van der Waals surface area contributed by atoms with Crippen LogP contribution in [0, 0.1) is 0 Å². The number of rotatable bonds is 5. The highest BCUT2D eigenvalue weighted by atomic mass is 32.2. The molecule has 13 heteroatoms. The van der Waals surface area contributed by atoms with Crippen LogP contribution in [-0.2, 0) is 38.1 Å². The lowest BCUT2D eigenvalue weighted by Crippen LogP contribution is -2.53. The molecule has 1 amide bonds. The maximum absolute atomic E-state index is 14.6. The number of amides is 1. The zero-order chi connectivity index (χ0) is 34.5. The minimum Gasteiger partial charge on any atom is -0.466 e. The number of carbonyl (C=O) groups is 5. The molecule has 3 aromatic carbocycles. The summed E-state index contributed by atoms with van der Waals surface area (Å²) in [5.41, 5.74) is 0.759. The molecule has 3 aromatic rings. The molecular formula is C35H29NO9S3. The summed E-state index contributed by atoms with van der Waals surface area (Å²) < 4.78 is 18.9. The number of para-hydroxylation sites is 1. The molecule has 48 heavy (non-hydrogen) atoms. The van der Waals surface area contributed by atoms with Crippen molar-refractivity contribution in [2.24, 2.45) is 0 Å². The molecule has 0 radical (unpaired) electrons. The van der Waals surface area contributed by atoms with E-state index in [1.165, 1.54) is 28.4 Å². The van der Waals surface area contributed by atoms with E-state index in [9.17, 15) is 24.0 Å². The molecule has 3 aliphatic rings. The Kier molecular flexibility index (Phi) is 8.73. The fourth-order valence-electron chi connectivity index (χ4n) is 6.08. The van der Waals surface area contributed by atoms with Gasteiger partial charge in [0.25, 0.3) is 5.91 Å². The highest BCUT2D eigenvalue weighted by Crippen LogP contribution is 2.71. The predicted octanol–water partition coefficient (Wildman–Crippen LogP) is 6.07. The van der Waals surface area contributed by atoms with Gasteiger partial charge >= 0.3 is 23.9 Å². The van der Waals surface area contributed by atoms with Crippen molar-refractivity contribution < 1.29 is 42.9 Å². The number of benzene rings is 3. The third-order valence-corrected chi connectivity index (χ3v) is 12.9. The van der Waals surface area contributed by atoms with E-state index in [-0.39, 0.29) is 26.2 Å². The van der Waals surface area contributed by atoms with Crippen LogP contribution in [0.4, 0.5) is 5.69 Å². The number of ether oxygens (including phenoxy) is 4. The molecule has 6 rings (SSSR count). The Balaban J connectivity index is 1.65. The SMILES string of the molecule is COC(=O)C1=C(C(=O)OC)SC2(S1)C(C(=O)OC)=C(C(=O)OC)SC1=C2c2ccccc2N(C(=O)c2ccc3ccccc3c2)C1(C)C. The van der Waals surface area contributed by atoms with Gasteiger partial charge in [0.1, 0.15) is 18.8 Å². The Morgan fingerprint density at radius 3 is 1.79 bits per heavy atom. The monoisotopic (exact) mass is 703 g/mol. The lowest BCUT2D eigenvalue weighted by atomic mass is 9.83. The maximum atomic E-state index is 14.6. The normalized spacial score (nSPS) is 17.6. The Morgan fingerprint density at radius 1 is 0.646 bits per heavy atom. The summed E-state index contributed by atoms with van der Waals surface area (Å²) in [6, 6.07) is 20.4. The van der Waals surface area contributed by atoms with Crippen LogP contribution in [0.1, 0.15) is 29.8 Å². The smallest absolute Gasteiger partial charge is 0.345 e. The van der Waals surface area contributed by atoms with E-state index in [2.05, 4.69) is 0 Å². The van der Waals surface area contributed by atoms with Gasteiger partial charge in [-0.1, -0.05) is 83.8 Å². The molecular weight excluding hydrogens is 675 g/mol. The Hall–Kier alpha value is -4.46. The lowest BCUT2D eigenvalue weighted by Gasteiger charge is -2.50. The van der Waals surface area contributed by atoms with E-state index in [1.54, 1.807) is 35.2 Å². The molecule has 0 aromatic heterocycles. The van der Waals surface area contributed by atoms with E-state index < -0.39 is 33.5 Å². The van der Waals surface area contributed by atoms with Gasteiger partial charge in [-0.3, -0.25) is 9.69 Å². The average molecular weight is 704 g/mol. The molecule has 0 unspecified atom stereocenters. The van der Waals surface area contributed by atoms with Crippen molar-refractivity contribution in [3.63, 3.8) is 0 Å². The molecule has 3 aliphatic heterocycles. The molecule has 0 atom stereocenters. The van der Waals surface area contributed by atoms with Crippen molar-refractivity contribution in [1.29, 1.82) is 0 Å². The number of hydrogen-bond donors (Lipinski definition) is 0. The average Bonchev–Trinajstić information content (AvgIpc) is 3.49. The van der Waals surface area contributed by atoms with Gasteiger partial charge in [-0.25, -0.2) is 19.2 Å². The summed E-state index contributed by atoms with van der Waals surface area (Å²) in [4.78, 5) is 70.2. The zero-order valence-electron chi connectivity index (χ0n) is 26.7. The second kappa shape index (κ2) is 12.5. The molecule has 0 saturated heterocycles. The van der Waals surface area contributed by atoms with E-state index in [0.717, 1.165) is 46.1 Å². The van der Waals surface area contributed by atoms with Crippen molar-refractivity contribution in [2.45, 2.75) is 23.5 Å². The Morgan fingerprint density at radius 2 is 1.19 bits per heavy atom. The van der Waals surface area contributed by atoms with Gasteiger partial charge < -0.3 is 18.9 Å². The van der Waals surface area contributed by atoms with Crippen molar-refractivity contribution in [2.75, 3.05) is 33.3 Å². The zero-order valence-corrected chi connectivity index (χ0v) is 29.1. The van der Waals surface area contributed by atoms with Gasteiger partial charge in [-0.2, -0.15) is 0 Å². The second-order valence-electron chi connectivity index (χ2n) is 11.2. The number of esters is 4. The maximum Gasteiger partial charge on any atom is 0.345 e. The first kappa shape index (κ1) is 33.4. The molecule has 10 nitrogen and oxygen atoms in total. The van der Waals surface area contributed by atoms with Crippen LogP contribution in [0.15, 0.2) is 91.9 Å². The molecule has 3 heterocycles. The summed E-state index contributed by atoms with van der Waals surface area (Å²) in [6.45, 7) is 3.69. The molecule has 0 aliphatic carbocycles. The van der Waals surface area contributed by atoms with Crippen molar-refractivity contribution in [1.82, 2.24) is 0 Å². The van der Waals surface area contributed by atoms with Crippen LogP contribution in [0.25, 0.3) is 16.3 Å². The minimum atomic E-state index is -1.64. The number of fused-ring (bicyclic) bond motifs is 4. The number of hydrogen-bond acceptors (Lipinski definition) is 12. The van der Waals surface area contributed by atoms with Crippen LogP contribution in [0.2, 0.25) is 0 Å². The van der Waals surface area contributed by atoms with Gasteiger partial charge in [0, 0.05) is 21.6 Å². The van der Waals surface area contributed by atoms with Gasteiger partial charge in [0.15, 0.2) is 0 Å². The van der Waals surface area contributed by atoms with E-state index in [4.69, 9.17) is 18.9 Å². The minimum absolute atomic E-state index is 0.107. The van der Waals surface area contributed by atoms with Crippen LogP contribution < -0.4 is 4.90 Å². The standard InChI is InChI=1S/C35H29NO9S3/c1-34(2)28-23(21-13-9-10-14-22(21)36(34)29(37)20-16-15-18-11-7-8-12-19(18)17-20)35(24(30(38)42-3)25(46-28)31(39)43-4)47-26(32(40)44-5)27(48-35)33(41)45-6/h7-17H,1-6H3. The van der Waals surface area contributed by atoms with Crippen molar-refractivity contribution in [3.8, 4) is 0 Å². The van der Waals surface area contributed by atoms with Crippen molar-refractivity contribution in [3.05, 3.63) is 103 Å². The van der Waals surface area contributed by atoms with E-state index >= 15 is 0 Å². The van der Waals surface area contributed by atoms with Gasteiger partial charge in [-0.05, 0) is 42.8 Å². The molecule has 246 valence electrons. The van der Waals surface area contributed by atoms with Crippen LogP contribution in [0.5, 0.6) is 0 Å². The van der Waals surface area contributed by atoms with Gasteiger partial charge in [0.05, 0.1) is 45.2 Å². The summed E-state index contributed by atoms with van der Waals surface area (Å²) in [5, 5.41) is 1.88. The third kappa shape index (κ3) is 5.03. The lowest BCUT2D eigenvalue weighted by molar-refractivity contribution is -0.138. The van der Waals surface area contributed by atoms with Gasteiger partial charge in [-0.15, -0.1) is 0 Å². The summed E-state index contributed by atoms with van der Waals surface area (Å²) >= 11 is 2.76. The second-order valence-corrected chi connectivity index (χ2v) is 15.0. The molecule has 1 spiro atoms. The number of nitrogens with zero attached hydrogens (tertiary/aromatic N) is 1. The van der Waals surface area contributed by atoms with Gasteiger partial charge in [0.2, 0.25) is 0 Å². The number of thioether (sulfide) groups is 3. The largest absolute Gasteiger partial charge is 0.466 e. The van der Waals surface area contributed by atoms with E-state index in [1.807, 2.05) is 50.2 Å². The Bertz CT molecular complexity index is 2020. The number of carbonyl (C=O) groups excluding carboxylic acids is 5. The fourth-order valence-corrected chi connectivity index (χ4v) is 11.1. The first-order valence-electron chi connectivity index (χ1n) is 14.5. The quantitative estimate of drug-likeness (QED) is 0.226.